The Morgan fingerprint density at radius 1 is 1.19 bits per heavy atom. The van der Waals surface area contributed by atoms with E-state index in [0.717, 1.165) is 17.1 Å². The minimum atomic E-state index is 0.486. The van der Waals surface area contributed by atoms with Gasteiger partial charge in [-0.25, -0.2) is 0 Å². The van der Waals surface area contributed by atoms with Crippen molar-refractivity contribution in [1.29, 1.82) is 0 Å². The number of pyridine rings is 1. The molecule has 1 aromatic heterocycles. The van der Waals surface area contributed by atoms with Crippen LogP contribution in [0.3, 0.4) is 0 Å². The van der Waals surface area contributed by atoms with Crippen LogP contribution in [0.4, 0.5) is 5.69 Å². The molecule has 1 N–H and O–H groups in total. The zero-order valence-electron chi connectivity index (χ0n) is 9.18. The number of benzene rings is 1. The van der Waals surface area contributed by atoms with E-state index < -0.39 is 0 Å². The average molecular weight is 214 g/mol. The summed E-state index contributed by atoms with van der Waals surface area (Å²) >= 11 is 0. The molecule has 16 heavy (non-hydrogen) atoms. The van der Waals surface area contributed by atoms with E-state index in [1.54, 1.807) is 6.20 Å². The van der Waals surface area contributed by atoms with Gasteiger partial charge in [0.2, 0.25) is 0 Å². The number of nitrogens with zero attached hydrogens (tertiary/aromatic N) is 1. The standard InChI is InChI=1S/C13H14N2O/c1-14-11-7-8-15-12(9-11)10-16-13-5-3-2-4-6-13/h2-9H,10H2,1H3,(H,14,15). The number of ether oxygens (including phenoxy) is 1. The summed E-state index contributed by atoms with van der Waals surface area (Å²) in [5.74, 6) is 0.860. The third-order valence-corrected chi connectivity index (χ3v) is 2.24. The van der Waals surface area contributed by atoms with E-state index in [-0.39, 0.29) is 0 Å². The van der Waals surface area contributed by atoms with E-state index in [9.17, 15) is 0 Å². The average Bonchev–Trinajstić information content (AvgIpc) is 2.38. The Bertz CT molecular complexity index is 443. The highest BCUT2D eigenvalue weighted by Crippen LogP contribution is 2.12. The van der Waals surface area contributed by atoms with Gasteiger partial charge in [-0.3, -0.25) is 4.98 Å². The minimum absolute atomic E-state index is 0.486. The zero-order valence-corrected chi connectivity index (χ0v) is 9.18. The van der Waals surface area contributed by atoms with Crippen LogP contribution in [0.15, 0.2) is 48.7 Å². The van der Waals surface area contributed by atoms with E-state index in [1.165, 1.54) is 0 Å². The molecule has 1 heterocycles. The lowest BCUT2D eigenvalue weighted by molar-refractivity contribution is 0.301. The van der Waals surface area contributed by atoms with E-state index in [2.05, 4.69) is 10.3 Å². The monoisotopic (exact) mass is 214 g/mol. The Hall–Kier alpha value is -2.03. The van der Waals surface area contributed by atoms with Crippen LogP contribution in [-0.2, 0) is 6.61 Å². The SMILES string of the molecule is CNc1ccnc(COc2ccccc2)c1. The highest BCUT2D eigenvalue weighted by Gasteiger charge is 1.97. The molecule has 0 bridgehead atoms. The molecule has 2 aromatic rings. The molecule has 0 amide bonds. The second-order valence-corrected chi connectivity index (χ2v) is 3.39. The first-order chi connectivity index (χ1) is 7.88. The number of hydrogen-bond donors (Lipinski definition) is 1. The van der Waals surface area contributed by atoms with Gasteiger partial charge in [-0.1, -0.05) is 18.2 Å². The van der Waals surface area contributed by atoms with Crippen LogP contribution in [0.2, 0.25) is 0 Å². The smallest absolute Gasteiger partial charge is 0.130 e. The lowest BCUT2D eigenvalue weighted by atomic mass is 10.3. The number of rotatable bonds is 4. The van der Waals surface area contributed by atoms with Gasteiger partial charge < -0.3 is 10.1 Å². The Morgan fingerprint density at radius 3 is 2.75 bits per heavy atom. The van der Waals surface area contributed by atoms with Crippen LogP contribution in [0.1, 0.15) is 5.69 Å². The number of aromatic nitrogens is 1. The third kappa shape index (κ3) is 2.73. The van der Waals surface area contributed by atoms with Crippen molar-refractivity contribution < 1.29 is 4.74 Å². The summed E-state index contributed by atoms with van der Waals surface area (Å²) in [6, 6.07) is 13.6. The van der Waals surface area contributed by atoms with E-state index in [4.69, 9.17) is 4.74 Å². The molecule has 0 unspecified atom stereocenters. The lowest BCUT2D eigenvalue weighted by Crippen LogP contribution is -1.99. The Kier molecular flexibility index (Phi) is 3.38. The van der Waals surface area contributed by atoms with Gasteiger partial charge in [0.05, 0.1) is 5.69 Å². The molecule has 0 aliphatic heterocycles. The van der Waals surface area contributed by atoms with Gasteiger partial charge in [-0.05, 0) is 24.3 Å². The lowest BCUT2D eigenvalue weighted by Gasteiger charge is -2.06. The molecule has 3 nitrogen and oxygen atoms in total. The molecule has 1 aromatic carbocycles. The van der Waals surface area contributed by atoms with Crippen LogP contribution in [-0.4, -0.2) is 12.0 Å². The van der Waals surface area contributed by atoms with Crippen molar-refractivity contribution >= 4 is 5.69 Å². The zero-order chi connectivity index (χ0) is 11.2. The second-order valence-electron chi connectivity index (χ2n) is 3.39. The van der Waals surface area contributed by atoms with Crippen molar-refractivity contribution in [2.45, 2.75) is 6.61 Å². The first-order valence-electron chi connectivity index (χ1n) is 5.19. The summed E-state index contributed by atoms with van der Waals surface area (Å²) in [6.07, 6.45) is 1.77. The highest BCUT2D eigenvalue weighted by atomic mass is 16.5. The van der Waals surface area contributed by atoms with Crippen molar-refractivity contribution in [2.75, 3.05) is 12.4 Å². The van der Waals surface area contributed by atoms with Crippen LogP contribution >= 0.6 is 0 Å². The first kappa shape index (κ1) is 10.5. The van der Waals surface area contributed by atoms with Crippen molar-refractivity contribution in [1.82, 2.24) is 4.98 Å². The summed E-state index contributed by atoms with van der Waals surface area (Å²) < 4.78 is 5.60. The van der Waals surface area contributed by atoms with Crippen LogP contribution in [0, 0.1) is 0 Å². The normalized spacial score (nSPS) is 9.81. The maximum atomic E-state index is 5.60. The molecular formula is C13H14N2O. The number of para-hydroxylation sites is 1. The second kappa shape index (κ2) is 5.16. The van der Waals surface area contributed by atoms with Crippen LogP contribution < -0.4 is 10.1 Å². The van der Waals surface area contributed by atoms with Gasteiger partial charge in [0.25, 0.3) is 0 Å². The van der Waals surface area contributed by atoms with Gasteiger partial charge in [0.15, 0.2) is 0 Å². The van der Waals surface area contributed by atoms with Gasteiger partial charge in [-0.2, -0.15) is 0 Å². The molecule has 0 atom stereocenters. The van der Waals surface area contributed by atoms with E-state index in [0.29, 0.717) is 6.61 Å². The largest absolute Gasteiger partial charge is 0.487 e. The maximum absolute atomic E-state index is 5.60. The summed E-state index contributed by atoms with van der Waals surface area (Å²) in [5, 5.41) is 3.07. The fraction of sp³-hybridized carbons (Fsp3) is 0.154. The Morgan fingerprint density at radius 2 is 2.00 bits per heavy atom. The number of hydrogen-bond acceptors (Lipinski definition) is 3. The first-order valence-corrected chi connectivity index (χ1v) is 5.19. The third-order valence-electron chi connectivity index (χ3n) is 2.24. The van der Waals surface area contributed by atoms with E-state index in [1.807, 2.05) is 49.5 Å². The predicted molar refractivity (Wildman–Crippen MR) is 64.6 cm³/mol. The molecule has 82 valence electrons. The molecular weight excluding hydrogens is 200 g/mol. The van der Waals surface area contributed by atoms with Crippen molar-refractivity contribution in [2.24, 2.45) is 0 Å². The summed E-state index contributed by atoms with van der Waals surface area (Å²) in [4.78, 5) is 4.24. The van der Waals surface area contributed by atoms with E-state index >= 15 is 0 Å². The molecule has 0 fully saturated rings. The highest BCUT2D eigenvalue weighted by molar-refractivity contribution is 5.42. The van der Waals surface area contributed by atoms with Crippen LogP contribution in [0.25, 0.3) is 0 Å². The van der Waals surface area contributed by atoms with Gasteiger partial charge in [0.1, 0.15) is 12.4 Å². The molecule has 0 radical (unpaired) electrons. The summed E-state index contributed by atoms with van der Waals surface area (Å²) in [7, 11) is 1.89. The molecule has 0 saturated heterocycles. The Balaban J connectivity index is 1.99. The summed E-state index contributed by atoms with van der Waals surface area (Å²) in [5.41, 5.74) is 1.96. The van der Waals surface area contributed by atoms with Crippen molar-refractivity contribution in [3.8, 4) is 5.75 Å². The number of nitrogens with one attached hydrogen (secondary N) is 1. The molecule has 2 rings (SSSR count). The fourth-order valence-electron chi connectivity index (χ4n) is 1.39. The van der Waals surface area contributed by atoms with Gasteiger partial charge >= 0.3 is 0 Å². The van der Waals surface area contributed by atoms with Gasteiger partial charge in [0, 0.05) is 18.9 Å². The minimum Gasteiger partial charge on any atom is -0.487 e. The predicted octanol–water partition coefficient (Wildman–Crippen LogP) is 2.70. The summed E-state index contributed by atoms with van der Waals surface area (Å²) in [6.45, 7) is 0.486. The quantitative estimate of drug-likeness (QED) is 0.849. The topological polar surface area (TPSA) is 34.2 Å². The molecule has 0 aliphatic rings. The van der Waals surface area contributed by atoms with Gasteiger partial charge in [-0.15, -0.1) is 0 Å². The molecule has 3 heteroatoms. The fourth-order valence-corrected chi connectivity index (χ4v) is 1.39. The van der Waals surface area contributed by atoms with Crippen molar-refractivity contribution in [3.05, 3.63) is 54.4 Å². The van der Waals surface area contributed by atoms with Crippen LogP contribution in [0.5, 0.6) is 5.75 Å². The maximum Gasteiger partial charge on any atom is 0.130 e. The molecule has 0 aliphatic carbocycles. The number of anilines is 1. The molecule has 0 spiro atoms. The Labute approximate surface area is 95.1 Å². The molecule has 0 saturated carbocycles. The van der Waals surface area contributed by atoms with Crippen molar-refractivity contribution in [3.63, 3.8) is 0 Å².